The van der Waals surface area contributed by atoms with Gasteiger partial charge in [-0.1, -0.05) is 30.3 Å². The van der Waals surface area contributed by atoms with E-state index in [9.17, 15) is 22.4 Å². The summed E-state index contributed by atoms with van der Waals surface area (Å²) in [5, 5.41) is 1.64. The quantitative estimate of drug-likeness (QED) is 0.798. The summed E-state index contributed by atoms with van der Waals surface area (Å²) in [6.45, 7) is 0. The largest absolute Gasteiger partial charge is 0.471 e. The summed E-state index contributed by atoms with van der Waals surface area (Å²) in [7, 11) is 0. The number of benzene rings is 1. The SMILES string of the molecule is O=C(N[C@H]1C[C@]1(F)c1ccccc1)C(F)(F)F. The maximum atomic E-state index is 14.1. The average Bonchev–Trinajstić information content (AvgIpc) is 2.91. The second-order valence-electron chi connectivity index (χ2n) is 3.96. The van der Waals surface area contributed by atoms with Gasteiger partial charge in [0.1, 0.15) is 0 Å². The van der Waals surface area contributed by atoms with Gasteiger partial charge in [0, 0.05) is 6.42 Å². The van der Waals surface area contributed by atoms with Crippen LogP contribution < -0.4 is 5.32 Å². The van der Waals surface area contributed by atoms with Gasteiger partial charge in [0.2, 0.25) is 0 Å². The van der Waals surface area contributed by atoms with Crippen LogP contribution in [0, 0.1) is 0 Å². The highest BCUT2D eigenvalue weighted by molar-refractivity contribution is 5.82. The number of carbonyl (C=O) groups excluding carboxylic acids is 1. The number of hydrogen-bond acceptors (Lipinski definition) is 1. The maximum Gasteiger partial charge on any atom is 0.471 e. The van der Waals surface area contributed by atoms with Gasteiger partial charge < -0.3 is 5.32 Å². The van der Waals surface area contributed by atoms with Crippen LogP contribution in [0.1, 0.15) is 12.0 Å². The molecular weight excluding hydrogens is 238 g/mol. The van der Waals surface area contributed by atoms with Crippen molar-refractivity contribution in [3.05, 3.63) is 35.9 Å². The number of halogens is 4. The third kappa shape index (κ3) is 2.25. The van der Waals surface area contributed by atoms with E-state index >= 15 is 0 Å². The first-order chi connectivity index (χ1) is 7.84. The second kappa shape index (κ2) is 3.72. The monoisotopic (exact) mass is 247 g/mol. The molecule has 2 atom stereocenters. The molecule has 1 aliphatic rings. The fraction of sp³-hybridized carbons (Fsp3) is 0.364. The number of hydrogen-bond donors (Lipinski definition) is 1. The highest BCUT2D eigenvalue weighted by atomic mass is 19.4. The van der Waals surface area contributed by atoms with Gasteiger partial charge in [-0.2, -0.15) is 13.2 Å². The van der Waals surface area contributed by atoms with E-state index in [0.29, 0.717) is 0 Å². The predicted octanol–water partition coefficient (Wildman–Crippen LogP) is 2.30. The van der Waals surface area contributed by atoms with Crippen molar-refractivity contribution in [2.75, 3.05) is 0 Å². The van der Waals surface area contributed by atoms with Crippen molar-refractivity contribution < 1.29 is 22.4 Å². The first kappa shape index (κ1) is 11.9. The number of amides is 1. The smallest absolute Gasteiger partial charge is 0.342 e. The van der Waals surface area contributed by atoms with Crippen LogP contribution in [0.15, 0.2) is 30.3 Å². The van der Waals surface area contributed by atoms with E-state index in [4.69, 9.17) is 0 Å². The first-order valence-corrected chi connectivity index (χ1v) is 4.96. The van der Waals surface area contributed by atoms with E-state index in [1.54, 1.807) is 23.5 Å². The van der Waals surface area contributed by atoms with Crippen LogP contribution in [-0.2, 0) is 10.5 Å². The Kier molecular flexibility index (Phi) is 2.60. The molecule has 0 saturated heterocycles. The van der Waals surface area contributed by atoms with Gasteiger partial charge in [0.25, 0.3) is 0 Å². The molecule has 0 bridgehead atoms. The molecule has 1 aliphatic carbocycles. The van der Waals surface area contributed by atoms with Crippen molar-refractivity contribution in [3.63, 3.8) is 0 Å². The molecule has 0 spiro atoms. The van der Waals surface area contributed by atoms with Crippen molar-refractivity contribution in [1.29, 1.82) is 0 Å². The third-order valence-corrected chi connectivity index (χ3v) is 2.71. The molecule has 1 fully saturated rings. The van der Waals surface area contributed by atoms with Crippen LogP contribution in [-0.4, -0.2) is 18.1 Å². The molecule has 0 radical (unpaired) electrons. The zero-order valence-corrected chi connectivity index (χ0v) is 8.59. The van der Waals surface area contributed by atoms with Gasteiger partial charge in [0.15, 0.2) is 5.67 Å². The minimum Gasteiger partial charge on any atom is -0.342 e. The summed E-state index contributed by atoms with van der Waals surface area (Å²) < 4.78 is 49.9. The molecule has 6 heteroatoms. The standard InChI is InChI=1S/C11H9F4NO/c12-10(7-4-2-1-3-5-7)6-8(10)16-9(17)11(13,14)15/h1-5,8H,6H2,(H,16,17)/t8-,10-/m0/s1. The van der Waals surface area contributed by atoms with Crippen LogP contribution in [0.25, 0.3) is 0 Å². The second-order valence-corrected chi connectivity index (χ2v) is 3.96. The van der Waals surface area contributed by atoms with Crippen LogP contribution in [0.2, 0.25) is 0 Å². The van der Waals surface area contributed by atoms with E-state index < -0.39 is 23.8 Å². The summed E-state index contributed by atoms with van der Waals surface area (Å²) in [5.41, 5.74) is -1.59. The molecule has 1 aromatic rings. The Morgan fingerprint density at radius 2 is 1.88 bits per heavy atom. The van der Waals surface area contributed by atoms with E-state index in [0.717, 1.165) is 0 Å². The van der Waals surface area contributed by atoms with Crippen LogP contribution >= 0.6 is 0 Å². The molecule has 2 nitrogen and oxygen atoms in total. The van der Waals surface area contributed by atoms with Crippen molar-refractivity contribution in [2.45, 2.75) is 24.3 Å². The fourth-order valence-electron chi connectivity index (χ4n) is 1.68. The van der Waals surface area contributed by atoms with E-state index in [-0.39, 0.29) is 12.0 Å². The molecule has 92 valence electrons. The summed E-state index contributed by atoms with van der Waals surface area (Å²) in [6, 6.07) is 6.74. The van der Waals surface area contributed by atoms with Crippen molar-refractivity contribution in [3.8, 4) is 0 Å². The fourth-order valence-corrected chi connectivity index (χ4v) is 1.68. The zero-order chi connectivity index (χ0) is 12.7. The minimum atomic E-state index is -4.97. The molecule has 0 unspecified atom stereocenters. The summed E-state index contributed by atoms with van der Waals surface area (Å²) in [4.78, 5) is 10.6. The molecule has 1 aromatic carbocycles. The number of alkyl halides is 4. The Balaban J connectivity index is 2.03. The Morgan fingerprint density at radius 1 is 1.29 bits per heavy atom. The zero-order valence-electron chi connectivity index (χ0n) is 8.59. The topological polar surface area (TPSA) is 29.1 Å². The van der Waals surface area contributed by atoms with Gasteiger partial charge in [-0.25, -0.2) is 4.39 Å². The lowest BCUT2D eigenvalue weighted by molar-refractivity contribution is -0.174. The molecular formula is C11H9F4NO. The van der Waals surface area contributed by atoms with Gasteiger partial charge in [-0.3, -0.25) is 4.79 Å². The van der Waals surface area contributed by atoms with Crippen LogP contribution in [0.3, 0.4) is 0 Å². The lowest BCUT2D eigenvalue weighted by atomic mass is 10.1. The molecule has 0 aromatic heterocycles. The highest BCUT2D eigenvalue weighted by Gasteiger charge is 2.59. The lowest BCUT2D eigenvalue weighted by Gasteiger charge is -2.10. The molecule has 1 amide bonds. The van der Waals surface area contributed by atoms with Gasteiger partial charge in [0.05, 0.1) is 6.04 Å². The summed E-state index contributed by atoms with van der Waals surface area (Å²) in [6.07, 6.45) is -5.10. The Bertz CT molecular complexity index is 431. The Hall–Kier alpha value is -1.59. The van der Waals surface area contributed by atoms with E-state index in [1.807, 2.05) is 0 Å². The first-order valence-electron chi connectivity index (χ1n) is 4.96. The van der Waals surface area contributed by atoms with Gasteiger partial charge >= 0.3 is 12.1 Å². The molecule has 0 aliphatic heterocycles. The Morgan fingerprint density at radius 3 is 2.41 bits per heavy atom. The third-order valence-electron chi connectivity index (χ3n) is 2.71. The van der Waals surface area contributed by atoms with Crippen molar-refractivity contribution >= 4 is 5.91 Å². The highest BCUT2D eigenvalue weighted by Crippen LogP contribution is 2.49. The van der Waals surface area contributed by atoms with Crippen molar-refractivity contribution in [1.82, 2.24) is 5.32 Å². The molecule has 1 N–H and O–H groups in total. The predicted molar refractivity (Wildman–Crippen MR) is 51.8 cm³/mol. The number of nitrogens with one attached hydrogen (secondary N) is 1. The minimum absolute atomic E-state index is 0.126. The summed E-state index contributed by atoms with van der Waals surface area (Å²) >= 11 is 0. The average molecular weight is 247 g/mol. The molecule has 0 heterocycles. The normalized spacial score (nSPS) is 27.6. The van der Waals surface area contributed by atoms with Crippen LogP contribution in [0.4, 0.5) is 17.6 Å². The van der Waals surface area contributed by atoms with Gasteiger partial charge in [-0.05, 0) is 5.56 Å². The van der Waals surface area contributed by atoms with E-state index in [2.05, 4.69) is 0 Å². The molecule has 17 heavy (non-hydrogen) atoms. The number of rotatable bonds is 2. The van der Waals surface area contributed by atoms with Gasteiger partial charge in [-0.15, -0.1) is 0 Å². The van der Waals surface area contributed by atoms with Crippen LogP contribution in [0.5, 0.6) is 0 Å². The molecule has 2 rings (SSSR count). The number of carbonyl (C=O) groups is 1. The maximum absolute atomic E-state index is 14.1. The molecule has 1 saturated carbocycles. The Labute approximate surface area is 94.6 Å². The summed E-state index contributed by atoms with van der Waals surface area (Å²) in [5.74, 6) is -2.10. The lowest BCUT2D eigenvalue weighted by Crippen LogP contribution is -2.40. The van der Waals surface area contributed by atoms with Crippen molar-refractivity contribution in [2.24, 2.45) is 0 Å². The van der Waals surface area contributed by atoms with E-state index in [1.165, 1.54) is 12.1 Å².